The molecule has 1 heterocycles. The van der Waals surface area contributed by atoms with Gasteiger partial charge in [-0.2, -0.15) is 5.26 Å². The van der Waals surface area contributed by atoms with Gasteiger partial charge in [-0.05, 0) is 91.4 Å². The number of nitrogens with zero attached hydrogens (tertiary/aromatic N) is 2. The van der Waals surface area contributed by atoms with E-state index in [1.807, 2.05) is 12.1 Å². The molecule has 0 radical (unpaired) electrons. The number of aromatic nitrogens is 1. The molecule has 0 bridgehead atoms. The zero-order valence-electron chi connectivity index (χ0n) is 18.3. The highest BCUT2D eigenvalue weighted by Crippen LogP contribution is 2.24. The van der Waals surface area contributed by atoms with Gasteiger partial charge in [-0.25, -0.2) is 9.37 Å². The van der Waals surface area contributed by atoms with Crippen molar-refractivity contribution in [2.75, 3.05) is 6.61 Å². The lowest BCUT2D eigenvalue weighted by atomic mass is 10.0. The van der Waals surface area contributed by atoms with E-state index in [1.165, 1.54) is 6.07 Å². The van der Waals surface area contributed by atoms with Crippen LogP contribution in [-0.4, -0.2) is 17.6 Å². The van der Waals surface area contributed by atoms with Crippen LogP contribution in [0.15, 0.2) is 57.6 Å². The van der Waals surface area contributed by atoms with E-state index >= 15 is 0 Å². The highest BCUT2D eigenvalue weighted by molar-refractivity contribution is 9.10. The van der Waals surface area contributed by atoms with Crippen molar-refractivity contribution in [1.29, 1.82) is 5.26 Å². The van der Waals surface area contributed by atoms with Crippen molar-refractivity contribution in [3.8, 4) is 11.9 Å². The molecule has 0 saturated carbocycles. The Morgan fingerprint density at radius 2 is 1.79 bits per heavy atom. The number of hydrogen-bond acceptors (Lipinski definition) is 6. The van der Waals surface area contributed by atoms with Gasteiger partial charge in [0.05, 0.1) is 42.3 Å². The Kier molecular flexibility index (Phi) is 9.57. The number of carbonyl (C=O) groups is 1. The molecule has 34 heavy (non-hydrogen) atoms. The molecular formula is C25H21Br2FN2O4. The minimum absolute atomic E-state index is 0.0562. The maximum Gasteiger partial charge on any atom is 0.310 e. The Bertz CT molecular complexity index is 1210. The molecule has 0 fully saturated rings. The summed E-state index contributed by atoms with van der Waals surface area (Å²) >= 11 is 6.50. The minimum atomic E-state index is -0.467. The summed E-state index contributed by atoms with van der Waals surface area (Å²) in [7, 11) is 0. The quantitative estimate of drug-likeness (QED) is 0.212. The van der Waals surface area contributed by atoms with E-state index in [0.29, 0.717) is 27.2 Å². The van der Waals surface area contributed by atoms with Crippen LogP contribution in [0.25, 0.3) is 0 Å². The highest BCUT2D eigenvalue weighted by atomic mass is 79.9. The first-order chi connectivity index (χ1) is 16.4. The minimum Gasteiger partial charge on any atom is -0.473 e. The number of rotatable bonds is 10. The van der Waals surface area contributed by atoms with Gasteiger partial charge >= 0.3 is 5.97 Å². The van der Waals surface area contributed by atoms with Gasteiger partial charge in [0, 0.05) is 6.07 Å². The third-order valence-corrected chi connectivity index (χ3v) is 5.85. The number of nitriles is 1. The van der Waals surface area contributed by atoms with Crippen LogP contribution < -0.4 is 4.74 Å². The maximum atomic E-state index is 14.1. The van der Waals surface area contributed by atoms with Crippen LogP contribution in [0.4, 0.5) is 4.39 Å². The normalized spacial score (nSPS) is 10.6. The van der Waals surface area contributed by atoms with Crippen molar-refractivity contribution >= 4 is 37.8 Å². The number of carbonyl (C=O) groups excluding carboxylic acids is 1. The largest absolute Gasteiger partial charge is 0.473 e. The van der Waals surface area contributed by atoms with Crippen LogP contribution in [0, 0.1) is 17.1 Å². The number of benzene rings is 2. The predicted molar refractivity (Wildman–Crippen MR) is 130 cm³/mol. The number of hydrogen-bond donors (Lipinski definition) is 0. The molecule has 0 saturated heterocycles. The standard InChI is InChI=1S/C25H21Br2FN2O4/c1-2-33-25(31)11-18-10-22(28)21(26)9-20(18)14-32-13-19-8-16(12-29)6-7-17(19)15-34-24-5-3-4-23(27)30-24/h3-10H,2,11,13-15H2,1H3. The third kappa shape index (κ3) is 7.35. The number of pyridine rings is 1. The van der Waals surface area contributed by atoms with Crippen LogP contribution in [0.1, 0.15) is 34.7 Å². The second-order valence-corrected chi connectivity index (χ2v) is 8.86. The van der Waals surface area contributed by atoms with E-state index in [-0.39, 0.29) is 37.3 Å². The van der Waals surface area contributed by atoms with E-state index in [0.717, 1.165) is 11.1 Å². The van der Waals surface area contributed by atoms with Crippen molar-refractivity contribution in [2.24, 2.45) is 0 Å². The topological polar surface area (TPSA) is 81.4 Å². The monoisotopic (exact) mass is 590 g/mol. The van der Waals surface area contributed by atoms with Gasteiger partial charge in [-0.15, -0.1) is 0 Å². The summed E-state index contributed by atoms with van der Waals surface area (Å²) in [6.07, 6.45) is -0.0562. The molecule has 0 unspecified atom stereocenters. The molecule has 0 amide bonds. The molecule has 1 aromatic heterocycles. The van der Waals surface area contributed by atoms with Crippen LogP contribution >= 0.6 is 31.9 Å². The lowest BCUT2D eigenvalue weighted by molar-refractivity contribution is -0.142. The van der Waals surface area contributed by atoms with E-state index in [1.54, 1.807) is 37.3 Å². The summed E-state index contributed by atoms with van der Waals surface area (Å²) < 4.78 is 31.7. The molecule has 176 valence electrons. The van der Waals surface area contributed by atoms with Gasteiger partial charge in [-0.3, -0.25) is 4.79 Å². The van der Waals surface area contributed by atoms with Gasteiger partial charge in [-0.1, -0.05) is 12.1 Å². The smallest absolute Gasteiger partial charge is 0.310 e. The van der Waals surface area contributed by atoms with Crippen molar-refractivity contribution in [1.82, 2.24) is 4.98 Å². The van der Waals surface area contributed by atoms with E-state index < -0.39 is 11.8 Å². The first kappa shape index (κ1) is 25.8. The zero-order chi connectivity index (χ0) is 24.5. The van der Waals surface area contributed by atoms with E-state index in [9.17, 15) is 14.4 Å². The first-order valence-corrected chi connectivity index (χ1v) is 12.0. The van der Waals surface area contributed by atoms with E-state index in [4.69, 9.17) is 14.2 Å². The summed E-state index contributed by atoms with van der Waals surface area (Å²) in [5.74, 6) is -0.441. The first-order valence-electron chi connectivity index (χ1n) is 10.4. The van der Waals surface area contributed by atoms with Gasteiger partial charge in [0.25, 0.3) is 0 Å². The van der Waals surface area contributed by atoms with Crippen LogP contribution in [0.5, 0.6) is 5.88 Å². The molecule has 0 aliphatic heterocycles. The Morgan fingerprint density at radius 3 is 2.50 bits per heavy atom. The highest BCUT2D eigenvalue weighted by Gasteiger charge is 2.14. The Morgan fingerprint density at radius 1 is 1.03 bits per heavy atom. The fourth-order valence-corrected chi connectivity index (χ4v) is 3.88. The SMILES string of the molecule is CCOC(=O)Cc1cc(F)c(Br)cc1COCc1cc(C#N)ccc1COc1cccc(Br)n1. The average molecular weight is 592 g/mol. The fraction of sp³-hybridized carbons (Fsp3) is 0.240. The third-order valence-electron chi connectivity index (χ3n) is 4.80. The maximum absolute atomic E-state index is 14.1. The van der Waals surface area contributed by atoms with Crippen LogP contribution in [0.3, 0.4) is 0 Å². The van der Waals surface area contributed by atoms with E-state index in [2.05, 4.69) is 42.9 Å². The summed E-state index contributed by atoms with van der Waals surface area (Å²) in [6.45, 7) is 2.53. The van der Waals surface area contributed by atoms with Crippen molar-refractivity contribution in [2.45, 2.75) is 33.2 Å². The summed E-state index contributed by atoms with van der Waals surface area (Å²) in [4.78, 5) is 16.2. The van der Waals surface area contributed by atoms with Crippen molar-refractivity contribution in [3.05, 3.63) is 91.2 Å². The number of esters is 1. The number of ether oxygens (including phenoxy) is 3. The molecule has 0 aliphatic carbocycles. The second-order valence-electron chi connectivity index (χ2n) is 7.19. The Labute approximate surface area is 213 Å². The second kappa shape index (κ2) is 12.6. The molecule has 6 nitrogen and oxygen atoms in total. The molecule has 0 aliphatic rings. The molecular weight excluding hydrogens is 571 g/mol. The fourth-order valence-electron chi connectivity index (χ4n) is 3.16. The Hall–Kier alpha value is -2.80. The summed E-state index contributed by atoms with van der Waals surface area (Å²) in [5, 5.41) is 9.29. The van der Waals surface area contributed by atoms with Gasteiger partial charge in [0.2, 0.25) is 5.88 Å². The Balaban J connectivity index is 1.73. The van der Waals surface area contributed by atoms with Gasteiger partial charge < -0.3 is 14.2 Å². The predicted octanol–water partition coefficient (Wildman–Crippen LogP) is 6.02. The van der Waals surface area contributed by atoms with Crippen molar-refractivity contribution < 1.29 is 23.4 Å². The van der Waals surface area contributed by atoms with Crippen LogP contribution in [0.2, 0.25) is 0 Å². The lowest BCUT2D eigenvalue weighted by Crippen LogP contribution is -2.11. The molecule has 3 rings (SSSR count). The summed E-state index contributed by atoms with van der Waals surface area (Å²) in [5.41, 5.74) is 3.27. The zero-order valence-corrected chi connectivity index (χ0v) is 21.5. The number of halogens is 3. The molecule has 3 aromatic rings. The van der Waals surface area contributed by atoms with Gasteiger partial charge in [0.1, 0.15) is 17.0 Å². The molecule has 0 N–H and O–H groups in total. The average Bonchev–Trinajstić information content (AvgIpc) is 2.81. The molecule has 0 atom stereocenters. The molecule has 9 heteroatoms. The lowest BCUT2D eigenvalue weighted by Gasteiger charge is -2.14. The van der Waals surface area contributed by atoms with Crippen LogP contribution in [-0.2, 0) is 40.5 Å². The summed E-state index contributed by atoms with van der Waals surface area (Å²) in [6, 6.07) is 15.7. The van der Waals surface area contributed by atoms with Gasteiger partial charge in [0.15, 0.2) is 0 Å². The molecule has 2 aromatic carbocycles. The molecule has 0 spiro atoms. The van der Waals surface area contributed by atoms with Crippen molar-refractivity contribution in [3.63, 3.8) is 0 Å².